The van der Waals surface area contributed by atoms with Crippen LogP contribution in [0.1, 0.15) is 106 Å². The van der Waals surface area contributed by atoms with Crippen LogP contribution < -0.4 is 15.2 Å². The van der Waals surface area contributed by atoms with E-state index >= 15 is 0 Å². The zero-order valence-corrected chi connectivity index (χ0v) is 26.4. The normalized spacial score (nSPS) is 15.8. The summed E-state index contributed by atoms with van der Waals surface area (Å²) in [4.78, 5) is 49.9. The molecular formula is C31H49NO10. The van der Waals surface area contributed by atoms with Crippen LogP contribution in [0.5, 0.6) is 11.5 Å². The van der Waals surface area contributed by atoms with Crippen molar-refractivity contribution in [1.29, 1.82) is 0 Å². The number of aliphatic carboxylic acids is 1. The molecule has 3 N–H and O–H groups in total. The Labute approximate surface area is 249 Å². The monoisotopic (exact) mass is 595 g/mol. The summed E-state index contributed by atoms with van der Waals surface area (Å²) < 4.78 is 27.1. The molecule has 1 aromatic rings. The maximum Gasteiger partial charge on any atom is 0.514 e. The molecule has 0 spiro atoms. The van der Waals surface area contributed by atoms with Gasteiger partial charge in [-0.1, -0.05) is 46.6 Å². The fraction of sp³-hybridized carbons (Fsp3) is 0.677. The largest absolute Gasteiger partial charge is 0.514 e. The third-order valence-electron chi connectivity index (χ3n) is 7.43. The Morgan fingerprint density at radius 3 is 1.79 bits per heavy atom. The SMILES string of the molecule is CCCC(C)OC(=O)Oc1ccc(C(C(C)C(C)OC(=O)C(C)(C)CC)[C@H](N)C(=O)O)cc1OC(=O)OC(C)CCC. The van der Waals surface area contributed by atoms with Crippen LogP contribution in [0.15, 0.2) is 18.2 Å². The molecule has 6 atom stereocenters. The summed E-state index contributed by atoms with van der Waals surface area (Å²) in [7, 11) is 0. The number of carboxylic acids is 1. The van der Waals surface area contributed by atoms with Gasteiger partial charge in [0.1, 0.15) is 24.4 Å². The van der Waals surface area contributed by atoms with Crippen molar-refractivity contribution in [1.82, 2.24) is 0 Å². The summed E-state index contributed by atoms with van der Waals surface area (Å²) in [5.74, 6) is -3.48. The third kappa shape index (κ3) is 11.2. The molecule has 0 amide bonds. The molecule has 0 saturated heterocycles. The first-order chi connectivity index (χ1) is 19.6. The molecule has 0 aromatic heterocycles. The first-order valence-electron chi connectivity index (χ1n) is 14.7. The van der Waals surface area contributed by atoms with Gasteiger partial charge in [-0.3, -0.25) is 9.59 Å². The van der Waals surface area contributed by atoms with Crippen molar-refractivity contribution in [3.63, 3.8) is 0 Å². The fourth-order valence-corrected chi connectivity index (χ4v) is 4.25. The topological polar surface area (TPSA) is 161 Å². The van der Waals surface area contributed by atoms with Crippen molar-refractivity contribution in [2.24, 2.45) is 17.1 Å². The maximum absolute atomic E-state index is 12.7. The van der Waals surface area contributed by atoms with Gasteiger partial charge in [0.15, 0.2) is 11.5 Å². The van der Waals surface area contributed by atoms with Crippen LogP contribution >= 0.6 is 0 Å². The van der Waals surface area contributed by atoms with E-state index in [9.17, 15) is 24.3 Å². The van der Waals surface area contributed by atoms with Gasteiger partial charge >= 0.3 is 24.2 Å². The van der Waals surface area contributed by atoms with Crippen molar-refractivity contribution >= 4 is 24.2 Å². The zero-order chi connectivity index (χ0) is 32.2. The number of carbonyl (C=O) groups is 4. The van der Waals surface area contributed by atoms with Crippen LogP contribution in [0, 0.1) is 11.3 Å². The van der Waals surface area contributed by atoms with Crippen molar-refractivity contribution < 1.29 is 48.0 Å². The van der Waals surface area contributed by atoms with Gasteiger partial charge < -0.3 is 34.5 Å². The zero-order valence-electron chi connectivity index (χ0n) is 26.4. The quantitative estimate of drug-likeness (QED) is 0.120. The Balaban J connectivity index is 3.48. The van der Waals surface area contributed by atoms with Gasteiger partial charge in [0.2, 0.25) is 0 Å². The molecule has 0 radical (unpaired) electrons. The summed E-state index contributed by atoms with van der Waals surface area (Å²) in [5, 5.41) is 9.84. The molecule has 0 heterocycles. The van der Waals surface area contributed by atoms with E-state index in [1.807, 2.05) is 20.8 Å². The number of carbonyl (C=O) groups excluding carboxylic acids is 3. The lowest BCUT2D eigenvalue weighted by molar-refractivity contribution is -0.162. The van der Waals surface area contributed by atoms with Crippen LogP contribution in [0.4, 0.5) is 9.59 Å². The van der Waals surface area contributed by atoms with Gasteiger partial charge in [0, 0.05) is 11.8 Å². The minimum absolute atomic E-state index is 0.132. The highest BCUT2D eigenvalue weighted by Gasteiger charge is 2.37. The average molecular weight is 596 g/mol. The number of esters is 1. The van der Waals surface area contributed by atoms with Gasteiger partial charge in [-0.15, -0.1) is 0 Å². The van der Waals surface area contributed by atoms with Gasteiger partial charge in [0.25, 0.3) is 0 Å². The molecule has 0 aliphatic rings. The molecule has 42 heavy (non-hydrogen) atoms. The molecule has 0 aliphatic carbocycles. The Morgan fingerprint density at radius 2 is 1.33 bits per heavy atom. The van der Waals surface area contributed by atoms with E-state index in [0.717, 1.165) is 12.8 Å². The molecule has 0 aliphatic heterocycles. The van der Waals surface area contributed by atoms with Crippen molar-refractivity contribution in [2.75, 3.05) is 0 Å². The second-order valence-corrected chi connectivity index (χ2v) is 11.4. The van der Waals surface area contributed by atoms with Crippen LogP contribution in [-0.4, -0.2) is 53.7 Å². The first-order valence-corrected chi connectivity index (χ1v) is 14.7. The lowest BCUT2D eigenvalue weighted by atomic mass is 9.79. The molecule has 0 saturated carbocycles. The third-order valence-corrected chi connectivity index (χ3v) is 7.43. The van der Waals surface area contributed by atoms with E-state index in [1.165, 1.54) is 18.2 Å². The summed E-state index contributed by atoms with van der Waals surface area (Å²) in [6.07, 6.45) is -0.180. The minimum atomic E-state index is -1.41. The molecule has 1 rings (SSSR count). The summed E-state index contributed by atoms with van der Waals surface area (Å²) in [6, 6.07) is 2.85. The van der Waals surface area contributed by atoms with Crippen LogP contribution in [0.2, 0.25) is 0 Å². The maximum atomic E-state index is 12.7. The molecule has 5 unspecified atom stereocenters. The highest BCUT2D eigenvalue weighted by atomic mass is 16.7. The van der Waals surface area contributed by atoms with Crippen LogP contribution in [-0.2, 0) is 23.8 Å². The number of rotatable bonds is 16. The number of benzene rings is 1. The van der Waals surface area contributed by atoms with Crippen molar-refractivity contribution in [2.45, 2.75) is 125 Å². The number of hydrogen-bond acceptors (Lipinski definition) is 10. The Kier molecular flexibility index (Phi) is 14.8. The van der Waals surface area contributed by atoms with E-state index in [-0.39, 0.29) is 11.5 Å². The van der Waals surface area contributed by atoms with Crippen LogP contribution in [0.3, 0.4) is 0 Å². The van der Waals surface area contributed by atoms with Crippen molar-refractivity contribution in [3.8, 4) is 11.5 Å². The molecule has 1 aromatic carbocycles. The lowest BCUT2D eigenvalue weighted by Crippen LogP contribution is -2.43. The molecule has 238 valence electrons. The van der Waals surface area contributed by atoms with E-state index in [4.69, 9.17) is 29.4 Å². The fourth-order valence-electron chi connectivity index (χ4n) is 4.25. The summed E-state index contributed by atoms with van der Waals surface area (Å²) in [5.41, 5.74) is 5.78. The van der Waals surface area contributed by atoms with Crippen molar-refractivity contribution in [3.05, 3.63) is 23.8 Å². The van der Waals surface area contributed by atoms with Gasteiger partial charge in [0.05, 0.1) is 5.41 Å². The second-order valence-electron chi connectivity index (χ2n) is 11.4. The minimum Gasteiger partial charge on any atom is -0.480 e. The first kappa shape index (κ1) is 36.7. The van der Waals surface area contributed by atoms with E-state index in [1.54, 1.807) is 41.5 Å². The van der Waals surface area contributed by atoms with E-state index in [2.05, 4.69) is 0 Å². The number of nitrogens with two attached hydrogens (primary N) is 1. The predicted octanol–water partition coefficient (Wildman–Crippen LogP) is 6.59. The Bertz CT molecular complexity index is 1060. The molecule has 11 nitrogen and oxygen atoms in total. The second kappa shape index (κ2) is 16.9. The van der Waals surface area contributed by atoms with Gasteiger partial charge in [-0.2, -0.15) is 0 Å². The summed E-state index contributed by atoms with van der Waals surface area (Å²) in [6.45, 7) is 16.1. The van der Waals surface area contributed by atoms with Gasteiger partial charge in [-0.05, 0) is 71.6 Å². The smallest absolute Gasteiger partial charge is 0.480 e. The molecule has 11 heteroatoms. The summed E-state index contributed by atoms with van der Waals surface area (Å²) >= 11 is 0. The number of carboxylic acid groups (broad SMARTS) is 1. The molecule has 0 bridgehead atoms. The molecular weight excluding hydrogens is 546 g/mol. The number of hydrogen-bond donors (Lipinski definition) is 2. The van der Waals surface area contributed by atoms with Crippen LogP contribution in [0.25, 0.3) is 0 Å². The number of ether oxygens (including phenoxy) is 5. The predicted molar refractivity (Wildman–Crippen MR) is 157 cm³/mol. The Hall–Kier alpha value is -3.34. The lowest BCUT2D eigenvalue weighted by Gasteiger charge is -2.33. The van der Waals surface area contributed by atoms with Gasteiger partial charge in [-0.25, -0.2) is 9.59 Å². The molecule has 0 fully saturated rings. The highest BCUT2D eigenvalue weighted by Crippen LogP contribution is 2.38. The Morgan fingerprint density at radius 1 is 0.833 bits per heavy atom. The highest BCUT2D eigenvalue weighted by molar-refractivity contribution is 5.76. The standard InChI is InChI=1S/C31H49NO10/c1-10-13-18(4)38-29(36)41-23-16-15-22(17-24(23)42-30(37)39-19(5)14-11-2)25(26(32)27(33)34)20(6)21(7)40-28(35)31(8,9)12-3/h15-21,25-26H,10-14,32H2,1-9H3,(H,33,34)/t18?,19?,20?,21?,25?,26-/m0/s1. The van der Waals surface area contributed by atoms with E-state index < -0.39 is 65.9 Å². The van der Waals surface area contributed by atoms with E-state index in [0.29, 0.717) is 24.8 Å². The average Bonchev–Trinajstić information content (AvgIpc) is 2.89.